The van der Waals surface area contributed by atoms with Gasteiger partial charge in [-0.15, -0.1) is 0 Å². The average Bonchev–Trinajstić information content (AvgIpc) is 3.16. The second-order valence-corrected chi connectivity index (χ2v) is 6.95. The zero-order chi connectivity index (χ0) is 16.9. The first-order chi connectivity index (χ1) is 11.4. The van der Waals surface area contributed by atoms with E-state index in [4.69, 9.17) is 4.98 Å². The lowest BCUT2D eigenvalue weighted by Gasteiger charge is -2.15. The number of rotatable bonds is 2. The molecule has 0 unspecified atom stereocenters. The van der Waals surface area contributed by atoms with Crippen molar-refractivity contribution in [1.82, 2.24) is 19.5 Å². The van der Waals surface area contributed by atoms with Gasteiger partial charge in [-0.2, -0.15) is 0 Å². The Hall–Kier alpha value is -2.95. The first kappa shape index (κ1) is 14.6. The van der Waals surface area contributed by atoms with Gasteiger partial charge in [0.1, 0.15) is 5.52 Å². The summed E-state index contributed by atoms with van der Waals surface area (Å²) in [6, 6.07) is 10.1. The van der Waals surface area contributed by atoms with Crippen molar-refractivity contribution in [2.75, 3.05) is 0 Å². The smallest absolute Gasteiger partial charge is 0.171 e. The Bertz CT molecular complexity index is 1070. The van der Waals surface area contributed by atoms with Crippen molar-refractivity contribution in [3.8, 4) is 5.82 Å². The summed E-state index contributed by atoms with van der Waals surface area (Å²) in [5.74, 6) is 0.754. The number of carbonyl (C=O) groups is 1. The summed E-state index contributed by atoms with van der Waals surface area (Å²) in [7, 11) is 0. The van der Waals surface area contributed by atoms with Crippen LogP contribution in [0.5, 0.6) is 0 Å². The molecule has 0 aliphatic rings. The second-order valence-electron chi connectivity index (χ2n) is 6.95. The number of benzene rings is 1. The number of hydrogen-bond acceptors (Lipinski definition) is 3. The quantitative estimate of drug-likeness (QED) is 0.565. The standard InChI is InChI=1S/C19H18N4O/c1-19(2,3)17(24)13-10-20-18-16(13)22-15(11-21-18)23-9-8-12-6-4-5-7-14(12)23/h4-11H,1-3H3,(H,20,21). The van der Waals surface area contributed by atoms with E-state index in [2.05, 4.69) is 16.0 Å². The summed E-state index contributed by atoms with van der Waals surface area (Å²) in [5.41, 5.74) is 2.43. The highest BCUT2D eigenvalue weighted by atomic mass is 16.1. The fourth-order valence-corrected chi connectivity index (χ4v) is 2.86. The maximum atomic E-state index is 12.7. The Labute approximate surface area is 139 Å². The van der Waals surface area contributed by atoms with Gasteiger partial charge in [-0.1, -0.05) is 39.0 Å². The van der Waals surface area contributed by atoms with Gasteiger partial charge in [0.2, 0.25) is 0 Å². The fourth-order valence-electron chi connectivity index (χ4n) is 2.86. The number of ketones is 1. The van der Waals surface area contributed by atoms with Crippen LogP contribution in [0.4, 0.5) is 0 Å². The maximum Gasteiger partial charge on any atom is 0.171 e. The Morgan fingerprint density at radius 3 is 2.75 bits per heavy atom. The van der Waals surface area contributed by atoms with Gasteiger partial charge in [-0.05, 0) is 17.5 Å². The molecule has 5 heteroatoms. The molecule has 0 atom stereocenters. The number of aromatic nitrogens is 4. The molecule has 0 spiro atoms. The average molecular weight is 318 g/mol. The molecule has 120 valence electrons. The molecular formula is C19H18N4O. The highest BCUT2D eigenvalue weighted by molar-refractivity contribution is 6.08. The molecule has 4 rings (SSSR count). The molecule has 0 bridgehead atoms. The molecule has 0 amide bonds. The van der Waals surface area contributed by atoms with E-state index in [1.807, 2.05) is 55.8 Å². The Balaban J connectivity index is 1.91. The molecule has 0 radical (unpaired) electrons. The van der Waals surface area contributed by atoms with Gasteiger partial charge >= 0.3 is 0 Å². The summed E-state index contributed by atoms with van der Waals surface area (Å²) in [5, 5.41) is 1.14. The largest absolute Gasteiger partial charge is 0.344 e. The molecule has 0 aliphatic carbocycles. The van der Waals surface area contributed by atoms with Crippen LogP contribution in [0.3, 0.4) is 0 Å². The summed E-state index contributed by atoms with van der Waals surface area (Å²) in [6.45, 7) is 5.72. The van der Waals surface area contributed by atoms with Crippen molar-refractivity contribution in [2.45, 2.75) is 20.8 Å². The van der Waals surface area contributed by atoms with Gasteiger partial charge in [0.25, 0.3) is 0 Å². The van der Waals surface area contributed by atoms with Crippen LogP contribution in [0, 0.1) is 5.41 Å². The third-order valence-electron chi connectivity index (χ3n) is 4.14. The molecule has 1 N–H and O–H groups in total. The normalized spacial score (nSPS) is 12.1. The number of aromatic amines is 1. The minimum Gasteiger partial charge on any atom is -0.344 e. The second kappa shape index (κ2) is 5.03. The Kier molecular flexibility index (Phi) is 3.06. The van der Waals surface area contributed by atoms with Gasteiger partial charge in [0, 0.05) is 17.8 Å². The molecule has 24 heavy (non-hydrogen) atoms. The third kappa shape index (κ3) is 2.21. The van der Waals surface area contributed by atoms with Crippen LogP contribution in [-0.4, -0.2) is 25.3 Å². The van der Waals surface area contributed by atoms with Crippen molar-refractivity contribution in [3.05, 3.63) is 54.5 Å². The number of fused-ring (bicyclic) bond motifs is 2. The van der Waals surface area contributed by atoms with E-state index in [0.717, 1.165) is 10.9 Å². The first-order valence-corrected chi connectivity index (χ1v) is 7.90. The monoisotopic (exact) mass is 318 g/mol. The molecular weight excluding hydrogens is 300 g/mol. The molecule has 5 nitrogen and oxygen atoms in total. The molecule has 0 fully saturated rings. The van der Waals surface area contributed by atoms with E-state index in [0.29, 0.717) is 22.5 Å². The molecule has 4 aromatic rings. The van der Waals surface area contributed by atoms with Gasteiger partial charge in [-0.3, -0.25) is 9.36 Å². The van der Waals surface area contributed by atoms with Gasteiger partial charge in [0.15, 0.2) is 17.2 Å². The number of hydrogen-bond donors (Lipinski definition) is 1. The van der Waals surface area contributed by atoms with E-state index < -0.39 is 5.41 Å². The van der Waals surface area contributed by atoms with Crippen LogP contribution in [-0.2, 0) is 0 Å². The zero-order valence-electron chi connectivity index (χ0n) is 13.9. The lowest BCUT2D eigenvalue weighted by molar-refractivity contribution is 0.0860. The summed E-state index contributed by atoms with van der Waals surface area (Å²) in [4.78, 5) is 24.9. The highest BCUT2D eigenvalue weighted by Crippen LogP contribution is 2.26. The third-order valence-corrected chi connectivity index (χ3v) is 4.14. The predicted molar refractivity (Wildman–Crippen MR) is 94.5 cm³/mol. The molecule has 0 saturated heterocycles. The Morgan fingerprint density at radius 1 is 1.17 bits per heavy atom. The van der Waals surface area contributed by atoms with E-state index in [1.165, 1.54) is 0 Å². The van der Waals surface area contributed by atoms with Crippen LogP contribution in [0.2, 0.25) is 0 Å². The van der Waals surface area contributed by atoms with Crippen LogP contribution < -0.4 is 0 Å². The van der Waals surface area contributed by atoms with E-state index in [-0.39, 0.29) is 5.78 Å². The molecule has 1 aromatic carbocycles. The van der Waals surface area contributed by atoms with E-state index in [1.54, 1.807) is 12.4 Å². The van der Waals surface area contributed by atoms with Crippen LogP contribution in [0.1, 0.15) is 31.1 Å². The van der Waals surface area contributed by atoms with Crippen molar-refractivity contribution in [2.24, 2.45) is 5.41 Å². The minimum absolute atomic E-state index is 0.0533. The van der Waals surface area contributed by atoms with E-state index >= 15 is 0 Å². The van der Waals surface area contributed by atoms with Crippen molar-refractivity contribution in [1.29, 1.82) is 0 Å². The SMILES string of the molecule is CC(C)(C)C(=O)c1c[nH]c2ncc(-n3ccc4ccccc43)nc12. The number of carbonyl (C=O) groups excluding carboxylic acids is 1. The number of nitrogens with one attached hydrogen (secondary N) is 1. The number of H-pyrrole nitrogens is 1. The fraction of sp³-hybridized carbons (Fsp3) is 0.211. The van der Waals surface area contributed by atoms with Gasteiger partial charge in [-0.25, -0.2) is 9.97 Å². The number of para-hydroxylation sites is 1. The molecule has 3 heterocycles. The minimum atomic E-state index is -0.465. The summed E-state index contributed by atoms with van der Waals surface area (Å²) < 4.78 is 1.99. The van der Waals surface area contributed by atoms with Crippen LogP contribution in [0.15, 0.2) is 48.9 Å². The number of Topliss-reactive ketones (excluding diaryl/α,β-unsaturated/α-hetero) is 1. The van der Waals surface area contributed by atoms with Crippen molar-refractivity contribution < 1.29 is 4.79 Å². The Morgan fingerprint density at radius 2 is 1.96 bits per heavy atom. The lowest BCUT2D eigenvalue weighted by Crippen LogP contribution is -2.20. The van der Waals surface area contributed by atoms with Crippen molar-refractivity contribution >= 4 is 27.9 Å². The molecule has 3 aromatic heterocycles. The van der Waals surface area contributed by atoms with Gasteiger partial charge < -0.3 is 4.98 Å². The summed E-state index contributed by atoms with van der Waals surface area (Å²) in [6.07, 6.45) is 5.39. The first-order valence-electron chi connectivity index (χ1n) is 7.90. The highest BCUT2D eigenvalue weighted by Gasteiger charge is 2.26. The molecule has 0 aliphatic heterocycles. The van der Waals surface area contributed by atoms with Crippen LogP contribution in [0.25, 0.3) is 27.9 Å². The van der Waals surface area contributed by atoms with Crippen molar-refractivity contribution in [3.63, 3.8) is 0 Å². The van der Waals surface area contributed by atoms with Gasteiger partial charge in [0.05, 0.1) is 17.3 Å². The zero-order valence-corrected chi connectivity index (χ0v) is 13.9. The lowest BCUT2D eigenvalue weighted by atomic mass is 9.87. The topological polar surface area (TPSA) is 63.6 Å². The number of nitrogens with zero attached hydrogens (tertiary/aromatic N) is 3. The van der Waals surface area contributed by atoms with Crippen LogP contribution >= 0.6 is 0 Å². The summed E-state index contributed by atoms with van der Waals surface area (Å²) >= 11 is 0. The van der Waals surface area contributed by atoms with E-state index in [9.17, 15) is 4.79 Å². The maximum absolute atomic E-state index is 12.7. The predicted octanol–water partition coefficient (Wildman–Crippen LogP) is 4.13. The molecule has 0 saturated carbocycles.